The van der Waals surface area contributed by atoms with E-state index in [9.17, 15) is 9.59 Å². The first-order valence-electron chi connectivity index (χ1n) is 6.71. The Morgan fingerprint density at radius 2 is 2.35 bits per heavy atom. The molecule has 2 amide bonds. The van der Waals surface area contributed by atoms with Crippen LogP contribution in [0.15, 0.2) is 17.5 Å². The number of morpholine rings is 1. The van der Waals surface area contributed by atoms with E-state index in [1.54, 1.807) is 30.2 Å². The fourth-order valence-corrected chi connectivity index (χ4v) is 3.04. The number of aryl methyl sites for hydroxylation is 1. The van der Waals surface area contributed by atoms with Crippen molar-refractivity contribution in [2.75, 3.05) is 26.7 Å². The minimum atomic E-state index is -0.939. The van der Waals surface area contributed by atoms with Gasteiger partial charge in [0.05, 0.1) is 13.2 Å². The Kier molecular flexibility index (Phi) is 4.77. The summed E-state index contributed by atoms with van der Waals surface area (Å²) < 4.78 is 5.55. The van der Waals surface area contributed by atoms with Crippen molar-refractivity contribution in [1.82, 2.24) is 10.2 Å². The molecule has 1 fully saturated rings. The lowest BCUT2D eigenvalue weighted by Gasteiger charge is -2.39. The van der Waals surface area contributed by atoms with Crippen LogP contribution in [0.25, 0.3) is 0 Å². The number of nitrogens with one attached hydrogen (secondary N) is 1. The normalized spacial score (nSPS) is 22.6. The third-order valence-corrected chi connectivity index (χ3v) is 4.44. The molecule has 1 aromatic heterocycles. The summed E-state index contributed by atoms with van der Waals surface area (Å²) in [6.07, 6.45) is 1.23. The second-order valence-corrected chi connectivity index (χ2v) is 6.09. The number of thiophene rings is 1. The van der Waals surface area contributed by atoms with Gasteiger partial charge in [0.2, 0.25) is 5.91 Å². The summed E-state index contributed by atoms with van der Waals surface area (Å²) in [7, 11) is 1.58. The van der Waals surface area contributed by atoms with E-state index >= 15 is 0 Å². The smallest absolute Gasteiger partial charge is 0.253 e. The van der Waals surface area contributed by atoms with Gasteiger partial charge in [0.25, 0.3) is 5.91 Å². The first-order valence-corrected chi connectivity index (χ1v) is 7.59. The lowest BCUT2D eigenvalue weighted by molar-refractivity contribution is -0.162. The van der Waals surface area contributed by atoms with Gasteiger partial charge in [0, 0.05) is 24.9 Å². The van der Waals surface area contributed by atoms with Gasteiger partial charge in [-0.3, -0.25) is 9.59 Å². The van der Waals surface area contributed by atoms with E-state index < -0.39 is 5.60 Å². The van der Waals surface area contributed by atoms with Crippen molar-refractivity contribution in [3.63, 3.8) is 0 Å². The highest BCUT2D eigenvalue weighted by atomic mass is 32.1. The molecule has 0 unspecified atom stereocenters. The number of ether oxygens (including phenoxy) is 1. The van der Waals surface area contributed by atoms with Gasteiger partial charge in [-0.1, -0.05) is 6.07 Å². The molecule has 0 aromatic carbocycles. The van der Waals surface area contributed by atoms with E-state index in [1.165, 1.54) is 4.88 Å². The Bertz CT molecular complexity index is 475. The van der Waals surface area contributed by atoms with Gasteiger partial charge in [-0.05, 0) is 24.8 Å². The number of hydrogen-bond acceptors (Lipinski definition) is 4. The molecule has 0 radical (unpaired) electrons. The van der Waals surface area contributed by atoms with E-state index in [0.717, 1.165) is 6.42 Å². The molecule has 2 rings (SSSR count). The molecule has 0 spiro atoms. The largest absolute Gasteiger partial charge is 0.362 e. The maximum absolute atomic E-state index is 12.2. The van der Waals surface area contributed by atoms with Crippen molar-refractivity contribution in [3.05, 3.63) is 22.4 Å². The highest BCUT2D eigenvalue weighted by molar-refractivity contribution is 7.09. The standard InChI is InChI=1S/C14H20N2O3S/c1-14(13(18)15-2)10-16(7-8-19-14)12(17)6-5-11-4-3-9-20-11/h3-4,9H,5-8,10H2,1-2H3,(H,15,18)/t14-/m1/s1. The quantitative estimate of drug-likeness (QED) is 0.903. The Hall–Kier alpha value is -1.40. The lowest BCUT2D eigenvalue weighted by Crippen LogP contribution is -2.58. The third-order valence-electron chi connectivity index (χ3n) is 3.50. The monoisotopic (exact) mass is 296 g/mol. The van der Waals surface area contributed by atoms with Crippen LogP contribution in [0.4, 0.5) is 0 Å². The SMILES string of the molecule is CNC(=O)[C@@]1(C)CN(C(=O)CCc2cccs2)CCO1. The summed E-state index contributed by atoms with van der Waals surface area (Å²) in [6.45, 7) is 2.99. The van der Waals surface area contributed by atoms with Crippen LogP contribution in [-0.4, -0.2) is 49.1 Å². The van der Waals surface area contributed by atoms with Crippen LogP contribution in [-0.2, 0) is 20.7 Å². The second kappa shape index (κ2) is 6.37. The Labute approximate surface area is 122 Å². The number of nitrogens with zero attached hydrogens (tertiary/aromatic N) is 1. The minimum absolute atomic E-state index is 0.0804. The maximum atomic E-state index is 12.2. The van der Waals surface area contributed by atoms with Crippen LogP contribution in [0.5, 0.6) is 0 Å². The van der Waals surface area contributed by atoms with E-state index in [1.807, 2.05) is 17.5 Å². The number of rotatable bonds is 4. The molecule has 2 heterocycles. The predicted molar refractivity (Wildman–Crippen MR) is 77.6 cm³/mol. The van der Waals surface area contributed by atoms with Crippen molar-refractivity contribution < 1.29 is 14.3 Å². The summed E-state index contributed by atoms with van der Waals surface area (Å²) in [5.74, 6) is -0.106. The van der Waals surface area contributed by atoms with Crippen molar-refractivity contribution in [2.45, 2.75) is 25.4 Å². The molecule has 1 aromatic rings. The molecule has 1 saturated heterocycles. The first-order chi connectivity index (χ1) is 9.55. The Balaban J connectivity index is 1.91. The molecule has 1 N–H and O–H groups in total. The maximum Gasteiger partial charge on any atom is 0.253 e. The third kappa shape index (κ3) is 3.37. The zero-order valence-corrected chi connectivity index (χ0v) is 12.7. The van der Waals surface area contributed by atoms with Crippen LogP contribution in [0.2, 0.25) is 0 Å². The highest BCUT2D eigenvalue weighted by Gasteiger charge is 2.39. The lowest BCUT2D eigenvalue weighted by atomic mass is 10.0. The van der Waals surface area contributed by atoms with E-state index in [4.69, 9.17) is 4.74 Å². The van der Waals surface area contributed by atoms with Gasteiger partial charge in [-0.25, -0.2) is 0 Å². The summed E-state index contributed by atoms with van der Waals surface area (Å²) in [4.78, 5) is 27.0. The van der Waals surface area contributed by atoms with Crippen molar-refractivity contribution in [1.29, 1.82) is 0 Å². The molecular formula is C14H20N2O3S. The van der Waals surface area contributed by atoms with Gasteiger partial charge >= 0.3 is 0 Å². The minimum Gasteiger partial charge on any atom is -0.362 e. The van der Waals surface area contributed by atoms with E-state index in [-0.39, 0.29) is 11.8 Å². The van der Waals surface area contributed by atoms with Gasteiger partial charge in [-0.2, -0.15) is 0 Å². The molecule has 20 heavy (non-hydrogen) atoms. The first kappa shape index (κ1) is 15.0. The van der Waals surface area contributed by atoms with Gasteiger partial charge in [0.15, 0.2) is 5.60 Å². The molecule has 1 aliphatic heterocycles. The predicted octanol–water partition coefficient (Wildman–Crippen LogP) is 1.04. The van der Waals surface area contributed by atoms with Crippen molar-refractivity contribution >= 4 is 23.2 Å². The van der Waals surface area contributed by atoms with Crippen LogP contribution in [0.3, 0.4) is 0 Å². The molecule has 0 aliphatic carbocycles. The summed E-state index contributed by atoms with van der Waals surface area (Å²) in [6, 6.07) is 4.02. The molecule has 5 nitrogen and oxygen atoms in total. The zero-order valence-electron chi connectivity index (χ0n) is 11.8. The molecule has 6 heteroatoms. The van der Waals surface area contributed by atoms with Crippen molar-refractivity contribution in [3.8, 4) is 0 Å². The molecule has 1 atom stereocenters. The molecule has 110 valence electrons. The van der Waals surface area contributed by atoms with Crippen LogP contribution >= 0.6 is 11.3 Å². The second-order valence-electron chi connectivity index (χ2n) is 5.05. The summed E-state index contributed by atoms with van der Waals surface area (Å²) >= 11 is 1.66. The van der Waals surface area contributed by atoms with Crippen LogP contribution in [0.1, 0.15) is 18.2 Å². The van der Waals surface area contributed by atoms with Gasteiger partial charge in [-0.15, -0.1) is 11.3 Å². The molecule has 0 saturated carbocycles. The highest BCUT2D eigenvalue weighted by Crippen LogP contribution is 2.19. The average Bonchev–Trinajstić information content (AvgIpc) is 2.97. The van der Waals surface area contributed by atoms with Crippen molar-refractivity contribution in [2.24, 2.45) is 0 Å². The van der Waals surface area contributed by atoms with E-state index in [2.05, 4.69) is 5.32 Å². The number of hydrogen-bond donors (Lipinski definition) is 1. The summed E-state index contributed by atoms with van der Waals surface area (Å²) in [5, 5.41) is 4.60. The number of carbonyl (C=O) groups is 2. The van der Waals surface area contributed by atoms with Gasteiger partial charge < -0.3 is 15.0 Å². The van der Waals surface area contributed by atoms with E-state index in [0.29, 0.717) is 26.1 Å². The number of carbonyl (C=O) groups excluding carboxylic acids is 2. The average molecular weight is 296 g/mol. The molecular weight excluding hydrogens is 276 g/mol. The fourth-order valence-electron chi connectivity index (χ4n) is 2.33. The Morgan fingerprint density at radius 3 is 3.00 bits per heavy atom. The zero-order chi connectivity index (χ0) is 14.6. The van der Waals surface area contributed by atoms with Gasteiger partial charge in [0.1, 0.15) is 0 Å². The van der Waals surface area contributed by atoms with Crippen LogP contribution < -0.4 is 5.32 Å². The van der Waals surface area contributed by atoms with Crippen LogP contribution in [0, 0.1) is 0 Å². The molecule has 1 aliphatic rings. The summed E-state index contributed by atoms with van der Waals surface area (Å²) in [5.41, 5.74) is -0.939. The molecule has 0 bridgehead atoms. The fraction of sp³-hybridized carbons (Fsp3) is 0.571. The topological polar surface area (TPSA) is 58.6 Å². The number of amides is 2. The Morgan fingerprint density at radius 1 is 1.55 bits per heavy atom. The number of likely N-dealkylation sites (N-methyl/N-ethyl adjacent to an activating group) is 1.